The Bertz CT molecular complexity index is 103. The van der Waals surface area contributed by atoms with E-state index in [2.05, 4.69) is 4.74 Å². The number of thioether (sulfide) groups is 1. The van der Waals surface area contributed by atoms with E-state index in [-0.39, 0.29) is 18.0 Å². The van der Waals surface area contributed by atoms with Crippen LogP contribution in [0.15, 0.2) is 0 Å². The van der Waals surface area contributed by atoms with E-state index in [4.69, 9.17) is 5.11 Å². The first kappa shape index (κ1) is 5.91. The molecule has 1 heterocycles. The number of ether oxygens (including phenoxy) is 1. The molecule has 0 spiro atoms. The highest BCUT2D eigenvalue weighted by atomic mass is 32.2. The lowest BCUT2D eigenvalue weighted by molar-refractivity contribution is -0.141. The molecule has 0 aliphatic carbocycles. The first-order chi connectivity index (χ1) is 3.83. The average molecular weight is 134 g/mol. The van der Waals surface area contributed by atoms with Crippen LogP contribution < -0.4 is 0 Å². The summed E-state index contributed by atoms with van der Waals surface area (Å²) in [5, 5.41) is 8.39. The van der Waals surface area contributed by atoms with Gasteiger partial charge in [-0.15, -0.1) is 11.8 Å². The van der Waals surface area contributed by atoms with E-state index in [0.717, 1.165) is 0 Å². The molecule has 0 aromatic rings. The maximum Gasteiger partial charge on any atom is 0.317 e. The number of hydrogen-bond acceptors (Lipinski definition) is 4. The van der Waals surface area contributed by atoms with Crippen LogP contribution in [0, 0.1) is 0 Å². The molecular weight excluding hydrogens is 128 g/mol. The summed E-state index contributed by atoms with van der Waals surface area (Å²) >= 11 is 1.33. The van der Waals surface area contributed by atoms with E-state index in [1.807, 2.05) is 0 Å². The molecule has 1 aliphatic rings. The van der Waals surface area contributed by atoms with Gasteiger partial charge in [0.1, 0.15) is 0 Å². The van der Waals surface area contributed by atoms with Gasteiger partial charge in [0, 0.05) is 0 Å². The Labute approximate surface area is 51.0 Å². The summed E-state index contributed by atoms with van der Waals surface area (Å²) in [4.78, 5) is 10.3. The third-order valence-electron chi connectivity index (χ3n) is 0.799. The van der Waals surface area contributed by atoms with Crippen molar-refractivity contribution in [3.8, 4) is 0 Å². The van der Waals surface area contributed by atoms with Gasteiger partial charge in [-0.05, 0) is 0 Å². The van der Waals surface area contributed by atoms with Gasteiger partial charge in [0.15, 0.2) is 5.44 Å². The fourth-order valence-corrected chi connectivity index (χ4v) is 1.14. The zero-order valence-corrected chi connectivity index (χ0v) is 4.98. The van der Waals surface area contributed by atoms with Crippen molar-refractivity contribution in [3.05, 3.63) is 0 Å². The van der Waals surface area contributed by atoms with E-state index in [0.29, 0.717) is 5.75 Å². The molecule has 1 fully saturated rings. The Morgan fingerprint density at radius 2 is 2.75 bits per heavy atom. The Hall–Kier alpha value is -0.220. The summed E-state index contributed by atoms with van der Waals surface area (Å²) in [6.45, 7) is -0.0730. The van der Waals surface area contributed by atoms with Crippen LogP contribution in [-0.2, 0) is 9.53 Å². The third kappa shape index (κ3) is 1.14. The van der Waals surface area contributed by atoms with Gasteiger partial charge in [-0.2, -0.15) is 0 Å². The summed E-state index contributed by atoms with van der Waals surface area (Å²) in [6, 6.07) is 0. The van der Waals surface area contributed by atoms with Crippen molar-refractivity contribution < 1.29 is 14.6 Å². The summed E-state index contributed by atoms with van der Waals surface area (Å²) in [7, 11) is 0. The fourth-order valence-electron chi connectivity index (χ4n) is 0.466. The van der Waals surface area contributed by atoms with Crippen molar-refractivity contribution in [3.63, 3.8) is 0 Å². The molecule has 1 saturated heterocycles. The number of cyclic esters (lactones) is 1. The molecule has 0 aromatic heterocycles. The van der Waals surface area contributed by atoms with Crippen molar-refractivity contribution in [2.24, 2.45) is 0 Å². The van der Waals surface area contributed by atoms with Gasteiger partial charge in [0.05, 0.1) is 12.4 Å². The quantitative estimate of drug-likeness (QED) is 0.495. The predicted octanol–water partition coefficient (Wildman–Crippen LogP) is -0.405. The van der Waals surface area contributed by atoms with E-state index in [1.165, 1.54) is 11.8 Å². The molecule has 0 aromatic carbocycles. The molecule has 0 bridgehead atoms. The Kier molecular flexibility index (Phi) is 1.75. The topological polar surface area (TPSA) is 46.5 Å². The van der Waals surface area contributed by atoms with E-state index >= 15 is 0 Å². The normalized spacial score (nSPS) is 28.1. The Morgan fingerprint density at radius 1 is 2.00 bits per heavy atom. The highest BCUT2D eigenvalue weighted by Crippen LogP contribution is 2.19. The molecule has 8 heavy (non-hydrogen) atoms. The van der Waals surface area contributed by atoms with Crippen molar-refractivity contribution in [1.29, 1.82) is 0 Å². The zero-order chi connectivity index (χ0) is 5.98. The second-order valence-electron chi connectivity index (χ2n) is 1.41. The third-order valence-corrected chi connectivity index (χ3v) is 1.82. The molecule has 1 aliphatic heterocycles. The number of aliphatic hydroxyl groups is 1. The highest BCUT2D eigenvalue weighted by molar-refractivity contribution is 8.00. The number of carbonyl (C=O) groups excluding carboxylic acids is 1. The number of rotatable bonds is 1. The first-order valence-electron chi connectivity index (χ1n) is 2.25. The largest absolute Gasteiger partial charge is 0.448 e. The average Bonchev–Trinajstić information content (AvgIpc) is 2.14. The zero-order valence-electron chi connectivity index (χ0n) is 4.16. The molecular formula is C4H6O3S. The van der Waals surface area contributed by atoms with Crippen LogP contribution in [0.25, 0.3) is 0 Å². The molecule has 0 saturated carbocycles. The molecule has 46 valence electrons. The molecule has 0 radical (unpaired) electrons. The summed E-state index contributed by atoms with van der Waals surface area (Å²) in [5.74, 6) is 0.152. The minimum Gasteiger partial charge on any atom is -0.448 e. The van der Waals surface area contributed by atoms with E-state index < -0.39 is 0 Å². The van der Waals surface area contributed by atoms with Crippen LogP contribution in [-0.4, -0.2) is 28.9 Å². The molecule has 0 unspecified atom stereocenters. The smallest absolute Gasteiger partial charge is 0.317 e. The molecule has 1 rings (SSSR count). The second-order valence-corrected chi connectivity index (χ2v) is 2.56. The van der Waals surface area contributed by atoms with Gasteiger partial charge in [-0.25, -0.2) is 0 Å². The molecule has 0 amide bonds. The molecule has 1 N–H and O–H groups in total. The lowest BCUT2D eigenvalue weighted by Gasteiger charge is -1.99. The summed E-state index contributed by atoms with van der Waals surface area (Å²) in [5.41, 5.74) is -0.303. The summed E-state index contributed by atoms with van der Waals surface area (Å²) < 4.78 is 4.58. The van der Waals surface area contributed by atoms with Crippen molar-refractivity contribution in [2.45, 2.75) is 5.44 Å². The number of esters is 1. The first-order valence-corrected chi connectivity index (χ1v) is 3.30. The van der Waals surface area contributed by atoms with Crippen molar-refractivity contribution in [1.82, 2.24) is 0 Å². The lowest BCUT2D eigenvalue weighted by Crippen LogP contribution is -2.08. The maximum absolute atomic E-state index is 10.3. The van der Waals surface area contributed by atoms with E-state index in [1.54, 1.807) is 0 Å². The predicted molar refractivity (Wildman–Crippen MR) is 29.4 cm³/mol. The Balaban J connectivity index is 2.32. The van der Waals surface area contributed by atoms with Crippen LogP contribution in [0.3, 0.4) is 0 Å². The van der Waals surface area contributed by atoms with Crippen LogP contribution in [0.5, 0.6) is 0 Å². The van der Waals surface area contributed by atoms with Crippen molar-refractivity contribution in [2.75, 3.05) is 12.4 Å². The minimum atomic E-state index is -0.303. The number of aliphatic hydroxyl groups excluding tert-OH is 1. The van der Waals surface area contributed by atoms with Crippen LogP contribution in [0.4, 0.5) is 0 Å². The lowest BCUT2D eigenvalue weighted by atomic mass is 10.7. The summed E-state index contributed by atoms with van der Waals surface area (Å²) in [6.07, 6.45) is 0. The monoisotopic (exact) mass is 134 g/mol. The maximum atomic E-state index is 10.3. The molecule has 1 atom stereocenters. The standard InChI is InChI=1S/C4H6O3S/c5-1-4-7-3(6)2-8-4/h4-5H,1-2H2/t4-/m0/s1. The second kappa shape index (κ2) is 2.37. The number of hydrogen-bond donors (Lipinski definition) is 1. The van der Waals surface area contributed by atoms with Gasteiger partial charge in [0.25, 0.3) is 0 Å². The van der Waals surface area contributed by atoms with Gasteiger partial charge in [-0.1, -0.05) is 0 Å². The van der Waals surface area contributed by atoms with Gasteiger partial charge in [-0.3, -0.25) is 4.79 Å². The minimum absolute atomic E-state index is 0.0730. The van der Waals surface area contributed by atoms with Gasteiger partial charge >= 0.3 is 5.97 Å². The van der Waals surface area contributed by atoms with Crippen LogP contribution in [0.2, 0.25) is 0 Å². The fraction of sp³-hybridized carbons (Fsp3) is 0.750. The van der Waals surface area contributed by atoms with Crippen LogP contribution >= 0.6 is 11.8 Å². The van der Waals surface area contributed by atoms with Gasteiger partial charge in [0.2, 0.25) is 0 Å². The number of carbonyl (C=O) groups is 1. The van der Waals surface area contributed by atoms with Crippen LogP contribution in [0.1, 0.15) is 0 Å². The molecule has 3 nitrogen and oxygen atoms in total. The van der Waals surface area contributed by atoms with E-state index in [9.17, 15) is 4.79 Å². The molecule has 4 heteroatoms. The van der Waals surface area contributed by atoms with Crippen molar-refractivity contribution >= 4 is 17.7 Å². The Morgan fingerprint density at radius 3 is 3.00 bits per heavy atom. The van der Waals surface area contributed by atoms with Gasteiger partial charge < -0.3 is 9.84 Å². The highest BCUT2D eigenvalue weighted by Gasteiger charge is 2.22. The SMILES string of the molecule is O=C1CS[C@@H](CO)O1.